The number of aromatic nitrogens is 2. The molecule has 0 fully saturated rings. The number of aryl methyl sites for hydroxylation is 2. The van der Waals surface area contributed by atoms with Gasteiger partial charge < -0.3 is 0 Å². The number of pyridine rings is 1. The molecule has 1 N–H and O–H groups in total. The fraction of sp³-hybridized carbons (Fsp3) is 0.303. The number of nitrogens with zero attached hydrogens (tertiary/aromatic N) is 4. The number of rotatable bonds is 11. The molecule has 0 saturated carbocycles. The van der Waals surface area contributed by atoms with Gasteiger partial charge in [-0.05, 0) is 0 Å². The van der Waals surface area contributed by atoms with Crippen molar-refractivity contribution in [3.05, 3.63) is 113 Å². The van der Waals surface area contributed by atoms with Crippen LogP contribution in [0.4, 0.5) is 17.1 Å². The van der Waals surface area contributed by atoms with Gasteiger partial charge in [-0.2, -0.15) is 0 Å². The van der Waals surface area contributed by atoms with Gasteiger partial charge in [-0.15, -0.1) is 0 Å². The van der Waals surface area contributed by atoms with Crippen LogP contribution in [0.5, 0.6) is 0 Å². The predicted molar refractivity (Wildman–Crippen MR) is 167 cm³/mol. The summed E-state index contributed by atoms with van der Waals surface area (Å²) >= 11 is 0. The fourth-order valence-corrected chi connectivity index (χ4v) is 4.82. The maximum absolute atomic E-state index is 5.07. The van der Waals surface area contributed by atoms with Crippen LogP contribution in [0.25, 0.3) is 5.70 Å². The average molecular weight is 518 g/mol. The third-order valence-corrected chi connectivity index (χ3v) is 6.89. The molecule has 6 heteroatoms. The summed E-state index contributed by atoms with van der Waals surface area (Å²) in [4.78, 5) is 17.9. The Kier molecular flexibility index (Phi) is 9.53. The molecule has 0 aliphatic rings. The van der Waals surface area contributed by atoms with Crippen LogP contribution in [0.3, 0.4) is 0 Å². The molecule has 1 unspecified atom stereocenters. The van der Waals surface area contributed by atoms with Crippen molar-refractivity contribution in [2.45, 2.75) is 53.5 Å². The Labute approximate surface area is 234 Å². The van der Waals surface area contributed by atoms with Crippen molar-refractivity contribution in [2.24, 2.45) is 4.99 Å². The first-order chi connectivity index (χ1) is 18.9. The van der Waals surface area contributed by atoms with E-state index in [4.69, 9.17) is 9.98 Å². The molecule has 39 heavy (non-hydrogen) atoms. The zero-order valence-electron chi connectivity index (χ0n) is 24.0. The molecule has 0 aliphatic carbocycles. The molecule has 2 heterocycles. The van der Waals surface area contributed by atoms with Crippen LogP contribution >= 0.6 is 0 Å². The summed E-state index contributed by atoms with van der Waals surface area (Å²) < 4.78 is 0. The molecule has 1 atom stereocenters. The first-order valence-electron chi connectivity index (χ1n) is 14.0. The topological polar surface area (TPSA) is 47.5 Å². The maximum atomic E-state index is 5.07. The summed E-state index contributed by atoms with van der Waals surface area (Å²) in [5, 5.41) is 0.810. The molecule has 0 bridgehead atoms. The molecule has 5 nitrogen and oxygen atoms in total. The van der Waals surface area contributed by atoms with Gasteiger partial charge in [-0.25, -0.2) is 0 Å². The fourth-order valence-electron chi connectivity index (χ4n) is 4.82. The normalized spacial score (nSPS) is 12.2. The van der Waals surface area contributed by atoms with Gasteiger partial charge in [0.15, 0.2) is 0 Å². The molecule has 0 spiro atoms. The first-order valence-corrected chi connectivity index (χ1v) is 14.0. The van der Waals surface area contributed by atoms with E-state index in [9.17, 15) is 0 Å². The molecule has 4 rings (SSSR count). The van der Waals surface area contributed by atoms with Crippen LogP contribution in [0, 0.1) is 13.8 Å². The molecule has 2 aromatic heterocycles. The van der Waals surface area contributed by atoms with Crippen LogP contribution < -0.4 is 15.2 Å². The van der Waals surface area contributed by atoms with Crippen molar-refractivity contribution < 1.29 is 0 Å². The monoisotopic (exact) mass is 517 g/mol. The SMILES string of the molecule is C=C(c1ccc(C)cc1)N(c1bc(=NC(C)c2ccccc2)[nH]cc1)c1ccc(N(CCC)CCC)nc1C. The predicted octanol–water partition coefficient (Wildman–Crippen LogP) is 7.46. The number of benzene rings is 2. The van der Waals surface area contributed by atoms with Gasteiger partial charge in [-0.3, -0.25) is 0 Å². The average Bonchev–Trinajstić information content (AvgIpc) is 2.95. The Balaban J connectivity index is 1.79. The summed E-state index contributed by atoms with van der Waals surface area (Å²) in [5.74, 6) is 1.02. The van der Waals surface area contributed by atoms with Crippen molar-refractivity contribution in [1.29, 1.82) is 0 Å². The van der Waals surface area contributed by atoms with Crippen molar-refractivity contribution in [3.8, 4) is 0 Å². The summed E-state index contributed by atoms with van der Waals surface area (Å²) in [6, 6.07) is 25.3. The van der Waals surface area contributed by atoms with Gasteiger partial charge in [0.1, 0.15) is 0 Å². The van der Waals surface area contributed by atoms with Crippen molar-refractivity contribution in [2.75, 3.05) is 22.9 Å². The van der Waals surface area contributed by atoms with Gasteiger partial charge in [0.25, 0.3) is 0 Å². The van der Waals surface area contributed by atoms with Gasteiger partial charge in [0, 0.05) is 0 Å². The van der Waals surface area contributed by atoms with E-state index in [1.54, 1.807) is 0 Å². The molecular formula is C33H40BN5. The van der Waals surface area contributed by atoms with Crippen molar-refractivity contribution >= 4 is 29.7 Å². The number of aromatic amines is 1. The van der Waals surface area contributed by atoms with Gasteiger partial charge in [0.2, 0.25) is 0 Å². The van der Waals surface area contributed by atoms with E-state index in [0.29, 0.717) is 0 Å². The van der Waals surface area contributed by atoms with Crippen LogP contribution in [0.2, 0.25) is 0 Å². The molecular weight excluding hydrogens is 477 g/mol. The van der Waals surface area contributed by atoms with Gasteiger partial charge in [0.05, 0.1) is 0 Å². The van der Waals surface area contributed by atoms with E-state index < -0.39 is 0 Å². The summed E-state index contributed by atoms with van der Waals surface area (Å²) in [7, 11) is 0. The summed E-state index contributed by atoms with van der Waals surface area (Å²) in [6.07, 6.45) is 4.13. The molecule has 0 aliphatic heterocycles. The van der Waals surface area contributed by atoms with Crippen LogP contribution in [-0.4, -0.2) is 30.0 Å². The number of hydrogen-bond acceptors (Lipinski definition) is 4. The molecule has 0 radical (unpaired) electrons. The Morgan fingerprint density at radius 3 is 2.28 bits per heavy atom. The summed E-state index contributed by atoms with van der Waals surface area (Å²) in [6.45, 7) is 19.4. The van der Waals surface area contributed by atoms with E-state index in [1.807, 2.05) is 12.3 Å². The molecule has 2 aromatic carbocycles. The minimum atomic E-state index is 0.0252. The molecule has 0 amide bonds. The molecule has 200 valence electrons. The number of nitrogens with one attached hydrogen (secondary N) is 1. The standard InChI is InChI=1S/C33H40BN5/c1-7-22-38(23-8-2)32-19-18-30(26(5)36-32)39(27(6)29-16-14-24(3)15-17-29)31-20-21-35-33(34-31)37-25(4)28-12-10-9-11-13-28/h9-21,25H,6-8,22-23H2,1-5H3,(H,35,37). The van der Waals surface area contributed by atoms with Crippen LogP contribution in [-0.2, 0) is 0 Å². The minimum absolute atomic E-state index is 0.0252. The number of hydrogen-bond donors (Lipinski definition) is 1. The van der Waals surface area contributed by atoms with E-state index in [1.165, 1.54) is 11.1 Å². The second-order valence-electron chi connectivity index (χ2n) is 10.1. The zero-order valence-corrected chi connectivity index (χ0v) is 24.0. The van der Waals surface area contributed by atoms with Crippen molar-refractivity contribution in [1.82, 2.24) is 9.97 Å². The van der Waals surface area contributed by atoms with E-state index in [2.05, 4.69) is 130 Å². The van der Waals surface area contributed by atoms with Gasteiger partial charge >= 0.3 is 234 Å². The number of H-pyrrole nitrogens is 1. The Bertz CT molecular complexity index is 1440. The Morgan fingerprint density at radius 2 is 1.64 bits per heavy atom. The van der Waals surface area contributed by atoms with E-state index in [-0.39, 0.29) is 6.04 Å². The third kappa shape index (κ3) is 6.94. The second-order valence-corrected chi connectivity index (χ2v) is 10.1. The second kappa shape index (κ2) is 13.2. The van der Waals surface area contributed by atoms with E-state index in [0.717, 1.165) is 65.4 Å². The summed E-state index contributed by atoms with van der Waals surface area (Å²) in [5.41, 5.74) is 7.29. The Hall–Kier alpha value is -3.93. The first kappa shape index (κ1) is 28.1. The number of anilines is 3. The Morgan fingerprint density at radius 1 is 0.949 bits per heavy atom. The quantitative estimate of drug-likeness (QED) is 0.225. The molecule has 0 saturated heterocycles. The third-order valence-electron chi connectivity index (χ3n) is 6.89. The van der Waals surface area contributed by atoms with Crippen LogP contribution in [0.15, 0.2) is 90.6 Å². The van der Waals surface area contributed by atoms with Crippen molar-refractivity contribution in [3.63, 3.8) is 0 Å². The molecule has 4 aromatic rings. The van der Waals surface area contributed by atoms with Gasteiger partial charge in [-0.1, -0.05) is 0 Å². The van der Waals surface area contributed by atoms with E-state index >= 15 is 0 Å². The zero-order chi connectivity index (χ0) is 27.8. The van der Waals surface area contributed by atoms with Crippen LogP contribution in [0.1, 0.15) is 62.0 Å².